The van der Waals surface area contributed by atoms with Crippen LogP contribution >= 0.6 is 0 Å². The molecule has 1 atom stereocenters. The van der Waals surface area contributed by atoms with Gasteiger partial charge in [0.1, 0.15) is 0 Å². The minimum absolute atomic E-state index is 0.0176. The van der Waals surface area contributed by atoms with Crippen molar-refractivity contribution >= 4 is 17.5 Å². The van der Waals surface area contributed by atoms with E-state index in [1.54, 1.807) is 6.07 Å². The third kappa shape index (κ3) is 4.32. The number of aryl methyl sites for hydroxylation is 1. The van der Waals surface area contributed by atoms with E-state index in [0.717, 1.165) is 31.5 Å². The molecule has 1 saturated heterocycles. The highest BCUT2D eigenvalue weighted by Crippen LogP contribution is 2.24. The summed E-state index contributed by atoms with van der Waals surface area (Å²) in [6.45, 7) is 7.15. The summed E-state index contributed by atoms with van der Waals surface area (Å²) in [6.07, 6.45) is 1.40. The van der Waals surface area contributed by atoms with Gasteiger partial charge in [0, 0.05) is 13.1 Å². The van der Waals surface area contributed by atoms with E-state index >= 15 is 0 Å². The van der Waals surface area contributed by atoms with Crippen LogP contribution < -0.4 is 5.32 Å². The van der Waals surface area contributed by atoms with E-state index in [-0.39, 0.29) is 24.2 Å². The number of carbonyl (C=O) groups excluding carboxylic acids is 2. The second-order valence-electron chi connectivity index (χ2n) is 6.56. The van der Waals surface area contributed by atoms with E-state index in [2.05, 4.69) is 5.32 Å². The summed E-state index contributed by atoms with van der Waals surface area (Å²) >= 11 is 0. The Kier molecular flexibility index (Phi) is 5.77. The molecule has 0 spiro atoms. The molecule has 23 heavy (non-hydrogen) atoms. The Morgan fingerprint density at radius 1 is 1.26 bits per heavy atom. The summed E-state index contributed by atoms with van der Waals surface area (Å²) in [5, 5.41) is 12.6. The molecule has 5 heteroatoms. The van der Waals surface area contributed by atoms with E-state index in [0.29, 0.717) is 11.3 Å². The highest BCUT2D eigenvalue weighted by Gasteiger charge is 2.24. The minimum Gasteiger partial charge on any atom is -0.392 e. The van der Waals surface area contributed by atoms with E-state index in [1.165, 1.54) is 0 Å². The third-order valence-electron chi connectivity index (χ3n) is 4.32. The van der Waals surface area contributed by atoms with Crippen LogP contribution in [0.25, 0.3) is 0 Å². The fraction of sp³-hybridized carbons (Fsp3) is 0.556. The van der Waals surface area contributed by atoms with E-state index in [4.69, 9.17) is 0 Å². The van der Waals surface area contributed by atoms with Crippen LogP contribution in [0.2, 0.25) is 0 Å². The Morgan fingerprint density at radius 2 is 1.91 bits per heavy atom. The lowest BCUT2D eigenvalue weighted by Gasteiger charge is -2.20. The first-order chi connectivity index (χ1) is 10.9. The van der Waals surface area contributed by atoms with Crippen molar-refractivity contribution in [3.8, 4) is 0 Å². The number of rotatable bonds is 5. The Hall–Kier alpha value is -1.88. The van der Waals surface area contributed by atoms with Gasteiger partial charge in [-0.05, 0) is 37.3 Å². The Morgan fingerprint density at radius 3 is 2.52 bits per heavy atom. The Balaban J connectivity index is 2.17. The lowest BCUT2D eigenvalue weighted by molar-refractivity contribution is -0.118. The summed E-state index contributed by atoms with van der Waals surface area (Å²) < 4.78 is 0. The maximum Gasteiger partial charge on any atom is 0.256 e. The van der Waals surface area contributed by atoms with Gasteiger partial charge in [0.15, 0.2) is 0 Å². The van der Waals surface area contributed by atoms with E-state index in [9.17, 15) is 14.7 Å². The smallest absolute Gasteiger partial charge is 0.256 e. The van der Waals surface area contributed by atoms with Gasteiger partial charge in [-0.2, -0.15) is 0 Å². The highest BCUT2D eigenvalue weighted by atomic mass is 16.3. The summed E-state index contributed by atoms with van der Waals surface area (Å²) in [6, 6.07) is 5.45. The maximum absolute atomic E-state index is 12.7. The zero-order chi connectivity index (χ0) is 17.0. The molecule has 1 heterocycles. The zero-order valence-electron chi connectivity index (χ0n) is 14.1. The number of anilines is 1. The summed E-state index contributed by atoms with van der Waals surface area (Å²) in [7, 11) is 0. The SMILES string of the molecule is Cc1cccc(NC(=O)CC(O)C(C)C)c1C(=O)N1CCCC1. The first-order valence-electron chi connectivity index (χ1n) is 8.27. The highest BCUT2D eigenvalue weighted by molar-refractivity contribution is 6.05. The molecule has 0 bridgehead atoms. The topological polar surface area (TPSA) is 69.6 Å². The molecule has 2 amide bonds. The number of nitrogens with one attached hydrogen (secondary N) is 1. The molecular weight excluding hydrogens is 292 g/mol. The number of hydrogen-bond donors (Lipinski definition) is 2. The van der Waals surface area contributed by atoms with Crippen molar-refractivity contribution in [2.75, 3.05) is 18.4 Å². The largest absolute Gasteiger partial charge is 0.392 e. The number of hydrogen-bond acceptors (Lipinski definition) is 3. The van der Waals surface area contributed by atoms with Crippen LogP contribution in [-0.4, -0.2) is 41.0 Å². The average molecular weight is 318 g/mol. The normalized spacial score (nSPS) is 15.8. The van der Waals surface area contributed by atoms with Gasteiger partial charge < -0.3 is 15.3 Å². The summed E-state index contributed by atoms with van der Waals surface area (Å²) in [5.74, 6) is -0.281. The van der Waals surface area contributed by atoms with Gasteiger partial charge >= 0.3 is 0 Å². The quantitative estimate of drug-likeness (QED) is 0.876. The number of aliphatic hydroxyl groups is 1. The summed E-state index contributed by atoms with van der Waals surface area (Å²) in [4.78, 5) is 26.7. The Bertz CT molecular complexity index is 578. The number of amides is 2. The van der Waals surface area contributed by atoms with Gasteiger partial charge in [0.2, 0.25) is 5.91 Å². The monoisotopic (exact) mass is 318 g/mol. The molecule has 0 aromatic heterocycles. The molecule has 0 saturated carbocycles. The molecular formula is C18H26N2O3. The van der Waals surface area contributed by atoms with Crippen LogP contribution in [0.1, 0.15) is 49.0 Å². The average Bonchev–Trinajstić information content (AvgIpc) is 3.00. The van der Waals surface area contributed by atoms with Crippen LogP contribution in [0.15, 0.2) is 18.2 Å². The molecule has 1 aliphatic rings. The van der Waals surface area contributed by atoms with Crippen molar-refractivity contribution in [2.24, 2.45) is 5.92 Å². The third-order valence-corrected chi connectivity index (χ3v) is 4.32. The molecule has 126 valence electrons. The van der Waals surface area contributed by atoms with E-state index in [1.807, 2.05) is 37.8 Å². The number of carbonyl (C=O) groups is 2. The van der Waals surface area contributed by atoms with E-state index < -0.39 is 6.10 Å². The van der Waals surface area contributed by atoms with Crippen molar-refractivity contribution in [1.82, 2.24) is 4.90 Å². The van der Waals surface area contributed by atoms with Crippen LogP contribution in [-0.2, 0) is 4.79 Å². The van der Waals surface area contributed by atoms with Crippen molar-refractivity contribution < 1.29 is 14.7 Å². The summed E-state index contributed by atoms with van der Waals surface area (Å²) in [5.41, 5.74) is 1.94. The molecule has 2 rings (SSSR count). The number of benzene rings is 1. The molecule has 1 aliphatic heterocycles. The van der Waals surface area contributed by atoms with Gasteiger partial charge in [-0.15, -0.1) is 0 Å². The number of likely N-dealkylation sites (tertiary alicyclic amines) is 1. The van der Waals surface area contributed by atoms with Crippen molar-refractivity contribution in [3.63, 3.8) is 0 Å². The maximum atomic E-state index is 12.7. The molecule has 5 nitrogen and oxygen atoms in total. The van der Waals surface area contributed by atoms with Gasteiger partial charge in [0.05, 0.1) is 23.8 Å². The first-order valence-corrected chi connectivity index (χ1v) is 8.27. The predicted octanol–water partition coefficient (Wildman–Crippen LogP) is 2.58. The van der Waals surface area contributed by atoms with Crippen LogP contribution in [0.4, 0.5) is 5.69 Å². The molecule has 0 aliphatic carbocycles. The lowest BCUT2D eigenvalue weighted by Crippen LogP contribution is -2.30. The lowest BCUT2D eigenvalue weighted by atomic mass is 10.0. The molecule has 1 unspecified atom stereocenters. The molecule has 1 aromatic carbocycles. The van der Waals surface area contributed by atoms with Crippen LogP contribution in [0.3, 0.4) is 0 Å². The van der Waals surface area contributed by atoms with Gasteiger partial charge in [-0.1, -0.05) is 26.0 Å². The second-order valence-corrected chi connectivity index (χ2v) is 6.56. The number of aliphatic hydroxyl groups excluding tert-OH is 1. The second kappa shape index (κ2) is 7.59. The van der Waals surface area contributed by atoms with Crippen molar-refractivity contribution in [2.45, 2.75) is 46.1 Å². The molecule has 0 radical (unpaired) electrons. The van der Waals surface area contributed by atoms with Crippen LogP contribution in [0.5, 0.6) is 0 Å². The standard InChI is InChI=1S/C18H26N2O3/c1-12(2)15(21)11-16(22)19-14-8-6-7-13(3)17(14)18(23)20-9-4-5-10-20/h6-8,12,15,21H,4-5,9-11H2,1-3H3,(H,19,22). The van der Waals surface area contributed by atoms with Crippen molar-refractivity contribution in [3.05, 3.63) is 29.3 Å². The van der Waals surface area contributed by atoms with Gasteiger partial charge in [-0.25, -0.2) is 0 Å². The fourth-order valence-corrected chi connectivity index (χ4v) is 2.76. The van der Waals surface area contributed by atoms with Gasteiger partial charge in [0.25, 0.3) is 5.91 Å². The molecule has 1 aromatic rings. The zero-order valence-corrected chi connectivity index (χ0v) is 14.1. The Labute approximate surface area is 137 Å². The minimum atomic E-state index is -0.683. The fourth-order valence-electron chi connectivity index (χ4n) is 2.76. The first kappa shape index (κ1) is 17.5. The number of nitrogens with zero attached hydrogens (tertiary/aromatic N) is 1. The van der Waals surface area contributed by atoms with Crippen molar-refractivity contribution in [1.29, 1.82) is 0 Å². The van der Waals surface area contributed by atoms with Gasteiger partial charge in [-0.3, -0.25) is 9.59 Å². The molecule has 2 N–H and O–H groups in total. The molecule has 1 fully saturated rings. The van der Waals surface area contributed by atoms with Crippen LogP contribution in [0, 0.1) is 12.8 Å². The predicted molar refractivity (Wildman–Crippen MR) is 90.4 cm³/mol.